The van der Waals surface area contributed by atoms with Crippen LogP contribution in [-0.2, 0) is 4.79 Å². The van der Waals surface area contributed by atoms with E-state index in [4.69, 9.17) is 15.7 Å². The number of primary amides is 1. The van der Waals surface area contributed by atoms with Gasteiger partial charge in [-0.1, -0.05) is 12.1 Å². The third kappa shape index (κ3) is 2.85. The van der Waals surface area contributed by atoms with Crippen molar-refractivity contribution >= 4 is 12.0 Å². The molecule has 0 atom stereocenters. The van der Waals surface area contributed by atoms with E-state index in [-0.39, 0.29) is 5.57 Å². The van der Waals surface area contributed by atoms with Crippen LogP contribution in [-0.4, -0.2) is 13.0 Å². The number of rotatable bonds is 3. The van der Waals surface area contributed by atoms with Crippen molar-refractivity contribution in [1.29, 1.82) is 5.26 Å². The highest BCUT2D eigenvalue weighted by atomic mass is 16.5. The summed E-state index contributed by atoms with van der Waals surface area (Å²) in [6.45, 7) is 0. The normalized spacial score (nSPS) is 10.5. The number of ether oxygens (including phenoxy) is 1. The van der Waals surface area contributed by atoms with Crippen molar-refractivity contribution < 1.29 is 9.53 Å². The minimum atomic E-state index is -0.728. The zero-order valence-electron chi connectivity index (χ0n) is 8.23. The van der Waals surface area contributed by atoms with Gasteiger partial charge in [0, 0.05) is 0 Å². The van der Waals surface area contributed by atoms with Crippen molar-refractivity contribution in [3.05, 3.63) is 35.4 Å². The van der Waals surface area contributed by atoms with Crippen LogP contribution in [0.2, 0.25) is 0 Å². The van der Waals surface area contributed by atoms with E-state index in [0.717, 1.165) is 5.56 Å². The summed E-state index contributed by atoms with van der Waals surface area (Å²) in [6, 6.07) is 8.68. The van der Waals surface area contributed by atoms with Gasteiger partial charge in [0.2, 0.25) is 0 Å². The minimum Gasteiger partial charge on any atom is -0.497 e. The van der Waals surface area contributed by atoms with E-state index in [2.05, 4.69) is 0 Å². The molecule has 0 unspecified atom stereocenters. The standard InChI is InChI=1S/C11H10N2O2/c1-15-10-4-2-8(3-5-10)6-9(7-12)11(13)14/h2-6H,1H3,(H2,13,14)/b9-6-. The van der Waals surface area contributed by atoms with Crippen LogP contribution < -0.4 is 10.5 Å². The summed E-state index contributed by atoms with van der Waals surface area (Å²) in [7, 11) is 1.56. The number of nitriles is 1. The molecule has 0 spiro atoms. The Balaban J connectivity index is 2.98. The van der Waals surface area contributed by atoms with Gasteiger partial charge in [0.05, 0.1) is 7.11 Å². The lowest BCUT2D eigenvalue weighted by molar-refractivity contribution is -0.114. The van der Waals surface area contributed by atoms with Crippen LogP contribution >= 0.6 is 0 Å². The van der Waals surface area contributed by atoms with Gasteiger partial charge in [-0.15, -0.1) is 0 Å². The monoisotopic (exact) mass is 202 g/mol. The summed E-state index contributed by atoms with van der Waals surface area (Å²) in [6.07, 6.45) is 1.43. The fourth-order valence-corrected chi connectivity index (χ4v) is 1.03. The van der Waals surface area contributed by atoms with Gasteiger partial charge in [-0.2, -0.15) is 5.26 Å². The summed E-state index contributed by atoms with van der Waals surface area (Å²) in [5, 5.41) is 8.61. The van der Waals surface area contributed by atoms with Crippen LogP contribution in [0.5, 0.6) is 5.75 Å². The molecule has 0 fully saturated rings. The molecule has 0 aliphatic heterocycles. The zero-order chi connectivity index (χ0) is 11.3. The highest BCUT2D eigenvalue weighted by Crippen LogP contribution is 2.13. The minimum absolute atomic E-state index is 0.0693. The number of amides is 1. The SMILES string of the molecule is COc1ccc(/C=C(/C#N)C(N)=O)cc1. The van der Waals surface area contributed by atoms with Crippen LogP contribution in [0.3, 0.4) is 0 Å². The lowest BCUT2D eigenvalue weighted by Gasteiger charge is -1.99. The van der Waals surface area contributed by atoms with Gasteiger partial charge in [0.25, 0.3) is 5.91 Å². The molecule has 0 saturated heterocycles. The lowest BCUT2D eigenvalue weighted by Crippen LogP contribution is -2.12. The average Bonchev–Trinajstić information content (AvgIpc) is 2.26. The van der Waals surface area contributed by atoms with E-state index in [1.807, 2.05) is 0 Å². The lowest BCUT2D eigenvalue weighted by atomic mass is 10.1. The topological polar surface area (TPSA) is 76.1 Å². The maximum Gasteiger partial charge on any atom is 0.259 e. The smallest absolute Gasteiger partial charge is 0.259 e. The van der Waals surface area contributed by atoms with Crippen molar-refractivity contribution in [2.24, 2.45) is 5.73 Å². The Morgan fingerprint density at radius 2 is 2.07 bits per heavy atom. The van der Waals surface area contributed by atoms with E-state index >= 15 is 0 Å². The van der Waals surface area contributed by atoms with Crippen molar-refractivity contribution in [2.45, 2.75) is 0 Å². The Morgan fingerprint density at radius 3 is 2.47 bits per heavy atom. The maximum absolute atomic E-state index is 10.8. The number of benzene rings is 1. The fourth-order valence-electron chi connectivity index (χ4n) is 1.03. The molecule has 0 radical (unpaired) electrons. The number of methoxy groups -OCH3 is 1. The second-order valence-corrected chi connectivity index (χ2v) is 2.81. The molecule has 1 aromatic rings. The van der Waals surface area contributed by atoms with Gasteiger partial charge in [-0.05, 0) is 23.8 Å². The number of carbonyl (C=O) groups is 1. The molecule has 1 amide bonds. The number of hydrogen-bond donors (Lipinski definition) is 1. The molecule has 15 heavy (non-hydrogen) atoms. The van der Waals surface area contributed by atoms with Crippen molar-refractivity contribution in [1.82, 2.24) is 0 Å². The predicted molar refractivity (Wildman–Crippen MR) is 55.8 cm³/mol. The Kier molecular flexibility index (Phi) is 3.47. The Hall–Kier alpha value is -2.28. The van der Waals surface area contributed by atoms with Gasteiger partial charge >= 0.3 is 0 Å². The average molecular weight is 202 g/mol. The second-order valence-electron chi connectivity index (χ2n) is 2.81. The number of nitrogens with two attached hydrogens (primary N) is 1. The molecule has 76 valence electrons. The second kappa shape index (κ2) is 4.82. The van der Waals surface area contributed by atoms with Crippen LogP contribution in [0.1, 0.15) is 5.56 Å². The van der Waals surface area contributed by atoms with E-state index in [0.29, 0.717) is 5.75 Å². The Bertz CT molecular complexity index is 427. The molecule has 0 bridgehead atoms. The van der Waals surface area contributed by atoms with Crippen molar-refractivity contribution in [2.75, 3.05) is 7.11 Å². The van der Waals surface area contributed by atoms with Crippen molar-refractivity contribution in [3.63, 3.8) is 0 Å². The number of hydrogen-bond acceptors (Lipinski definition) is 3. The van der Waals surface area contributed by atoms with Gasteiger partial charge in [-0.3, -0.25) is 4.79 Å². The summed E-state index contributed by atoms with van der Waals surface area (Å²) in [5.41, 5.74) is 5.66. The predicted octanol–water partition coefficient (Wildman–Crippen LogP) is 1.09. The molecular weight excluding hydrogens is 192 g/mol. The van der Waals surface area contributed by atoms with Crippen molar-refractivity contribution in [3.8, 4) is 11.8 Å². The van der Waals surface area contributed by atoms with Crippen LogP contribution in [0.15, 0.2) is 29.8 Å². The van der Waals surface area contributed by atoms with Gasteiger partial charge in [0.1, 0.15) is 17.4 Å². The first kappa shape index (κ1) is 10.8. The number of nitrogens with zero attached hydrogens (tertiary/aromatic N) is 1. The molecule has 1 rings (SSSR count). The molecule has 4 heteroatoms. The molecule has 0 aromatic heterocycles. The molecule has 0 aliphatic rings. The van der Waals surface area contributed by atoms with Crippen LogP contribution in [0.4, 0.5) is 0 Å². The van der Waals surface area contributed by atoms with E-state index in [1.165, 1.54) is 6.08 Å². The van der Waals surface area contributed by atoms with E-state index in [1.54, 1.807) is 37.4 Å². The molecule has 2 N–H and O–H groups in total. The fraction of sp³-hybridized carbons (Fsp3) is 0.0909. The molecule has 0 heterocycles. The molecule has 1 aromatic carbocycles. The van der Waals surface area contributed by atoms with E-state index < -0.39 is 5.91 Å². The van der Waals surface area contributed by atoms with Gasteiger partial charge in [0.15, 0.2) is 0 Å². The largest absolute Gasteiger partial charge is 0.497 e. The summed E-state index contributed by atoms with van der Waals surface area (Å²) < 4.78 is 4.97. The highest BCUT2D eigenvalue weighted by Gasteiger charge is 2.02. The summed E-state index contributed by atoms with van der Waals surface area (Å²) in [5.74, 6) is -0.0157. The summed E-state index contributed by atoms with van der Waals surface area (Å²) in [4.78, 5) is 10.8. The van der Waals surface area contributed by atoms with Gasteiger partial charge in [-0.25, -0.2) is 0 Å². The Labute approximate surface area is 87.6 Å². The maximum atomic E-state index is 10.8. The summed E-state index contributed by atoms with van der Waals surface area (Å²) >= 11 is 0. The molecule has 4 nitrogen and oxygen atoms in total. The Morgan fingerprint density at radius 1 is 1.47 bits per heavy atom. The first-order chi connectivity index (χ1) is 7.17. The highest BCUT2D eigenvalue weighted by molar-refractivity contribution is 6.00. The van der Waals surface area contributed by atoms with Crippen LogP contribution in [0.25, 0.3) is 6.08 Å². The quantitative estimate of drug-likeness (QED) is 0.588. The third-order valence-electron chi connectivity index (χ3n) is 1.81. The third-order valence-corrected chi connectivity index (χ3v) is 1.81. The number of carbonyl (C=O) groups excluding carboxylic acids is 1. The molecule has 0 aliphatic carbocycles. The first-order valence-corrected chi connectivity index (χ1v) is 4.23. The zero-order valence-corrected chi connectivity index (χ0v) is 8.23. The molecule has 0 saturated carbocycles. The van der Waals surface area contributed by atoms with Gasteiger partial charge < -0.3 is 10.5 Å². The molecular formula is C11H10N2O2. The first-order valence-electron chi connectivity index (χ1n) is 4.23. The van der Waals surface area contributed by atoms with Crippen LogP contribution in [0, 0.1) is 11.3 Å². The van der Waals surface area contributed by atoms with E-state index in [9.17, 15) is 4.79 Å².